The third kappa shape index (κ3) is 6.86. The van der Waals surface area contributed by atoms with Crippen LogP contribution in [0.1, 0.15) is 0 Å². The summed E-state index contributed by atoms with van der Waals surface area (Å²) in [6.45, 7) is 0. The number of nitrogens with zero attached hydrogens (tertiary/aromatic N) is 5. The minimum absolute atomic E-state index is 0.601. The molecule has 0 radical (unpaired) electrons. The molecule has 6 nitrogen and oxygen atoms in total. The van der Waals surface area contributed by atoms with Crippen LogP contribution in [0.4, 0.5) is 0 Å². The second-order valence-electron chi connectivity index (χ2n) is 15.7. The van der Waals surface area contributed by atoms with Crippen LogP contribution in [-0.2, 0) is 0 Å². The van der Waals surface area contributed by atoms with E-state index in [1.807, 2.05) is 42.5 Å². The third-order valence-corrected chi connectivity index (χ3v) is 11.7. The smallest absolute Gasteiger partial charge is 0.164 e. The first-order valence-electron chi connectivity index (χ1n) is 21.0. The Morgan fingerprint density at radius 1 is 0.238 bits per heavy atom. The summed E-state index contributed by atoms with van der Waals surface area (Å²) < 4.78 is 6.27. The molecular weight excluding hydrogens is 771 g/mol. The zero-order valence-corrected chi connectivity index (χ0v) is 33.9. The summed E-state index contributed by atoms with van der Waals surface area (Å²) in [6, 6.07) is 73.0. The van der Waals surface area contributed by atoms with Gasteiger partial charge in [-0.05, 0) is 81.2 Å². The second-order valence-corrected chi connectivity index (χ2v) is 15.7. The van der Waals surface area contributed by atoms with Crippen molar-refractivity contribution >= 4 is 43.5 Å². The molecule has 3 aromatic heterocycles. The summed E-state index contributed by atoms with van der Waals surface area (Å²) in [6.07, 6.45) is 0. The fraction of sp³-hybridized carbons (Fsp3) is 0. The zero-order chi connectivity index (χ0) is 41.7. The van der Waals surface area contributed by atoms with Gasteiger partial charge < -0.3 is 4.42 Å². The molecular formula is C57H35N5O. The second kappa shape index (κ2) is 15.1. The molecule has 12 aromatic rings. The molecule has 0 atom stereocenters. The molecule has 0 N–H and O–H groups in total. The molecule has 9 aromatic carbocycles. The SMILES string of the molecule is c1ccc(-c2cc(-c3cccc(-c4cccc(-c5nc(-c6ccc7ccccc7c6)nc(-c6ccc7ccccc7c6)n5)c4)c3)nc(-c3ccc4c(c3)oc3ccccc34)n2)cc1. The molecule has 0 amide bonds. The largest absolute Gasteiger partial charge is 0.456 e. The minimum Gasteiger partial charge on any atom is -0.456 e. The van der Waals surface area contributed by atoms with Gasteiger partial charge in [0.1, 0.15) is 11.2 Å². The average molecular weight is 806 g/mol. The Balaban J connectivity index is 0.953. The Labute approximate surface area is 362 Å². The van der Waals surface area contributed by atoms with E-state index >= 15 is 0 Å². The number of fused-ring (bicyclic) bond motifs is 5. The van der Waals surface area contributed by atoms with Crippen LogP contribution in [-0.4, -0.2) is 24.9 Å². The first kappa shape index (κ1) is 36.3. The Kier molecular flexibility index (Phi) is 8.71. The van der Waals surface area contributed by atoms with Crippen LogP contribution < -0.4 is 0 Å². The lowest BCUT2D eigenvalue weighted by Crippen LogP contribution is -2.00. The third-order valence-electron chi connectivity index (χ3n) is 11.7. The summed E-state index contributed by atoms with van der Waals surface area (Å²) in [4.78, 5) is 25.6. The highest BCUT2D eigenvalue weighted by molar-refractivity contribution is 6.05. The van der Waals surface area contributed by atoms with Crippen molar-refractivity contribution in [1.29, 1.82) is 0 Å². The van der Waals surface area contributed by atoms with E-state index in [0.717, 1.165) is 88.6 Å². The zero-order valence-electron chi connectivity index (χ0n) is 33.9. The van der Waals surface area contributed by atoms with Gasteiger partial charge in [0, 0.05) is 44.2 Å². The maximum atomic E-state index is 6.27. The molecule has 294 valence electrons. The van der Waals surface area contributed by atoms with Crippen molar-refractivity contribution < 1.29 is 4.42 Å². The van der Waals surface area contributed by atoms with Gasteiger partial charge in [0.2, 0.25) is 0 Å². The summed E-state index contributed by atoms with van der Waals surface area (Å²) >= 11 is 0. The maximum absolute atomic E-state index is 6.27. The molecule has 6 heteroatoms. The van der Waals surface area contributed by atoms with Crippen LogP contribution in [0.2, 0.25) is 0 Å². The first-order valence-corrected chi connectivity index (χ1v) is 21.0. The highest BCUT2D eigenvalue weighted by atomic mass is 16.3. The van der Waals surface area contributed by atoms with E-state index < -0.39 is 0 Å². The van der Waals surface area contributed by atoms with E-state index in [2.05, 4.69) is 170 Å². The number of rotatable bonds is 7. The molecule has 0 aliphatic rings. The minimum atomic E-state index is 0.601. The fourth-order valence-electron chi connectivity index (χ4n) is 8.46. The summed E-state index contributed by atoms with van der Waals surface area (Å²) in [5.74, 6) is 2.47. The van der Waals surface area contributed by atoms with Gasteiger partial charge in [0.05, 0.1) is 11.4 Å². The standard InChI is InChI=1S/C57H35N5O/c1-2-14-38(15-3-1)50-35-51(59-54(58-50)47-28-29-49-48-22-8-9-23-52(48)63-53(49)34-47)43-20-10-18-41(30-43)42-19-11-21-44(33-42)55-60-56(45-26-24-36-12-4-6-16-39(36)31-45)62-57(61-55)46-27-25-37-13-5-7-17-40(37)32-46/h1-35H. The van der Waals surface area contributed by atoms with E-state index in [0.29, 0.717) is 23.3 Å². The topological polar surface area (TPSA) is 77.6 Å². The summed E-state index contributed by atoms with van der Waals surface area (Å²) in [5.41, 5.74) is 11.0. The molecule has 63 heavy (non-hydrogen) atoms. The van der Waals surface area contributed by atoms with Gasteiger partial charge >= 0.3 is 0 Å². The Morgan fingerprint density at radius 3 is 1.35 bits per heavy atom. The average Bonchev–Trinajstić information content (AvgIpc) is 3.74. The van der Waals surface area contributed by atoms with Crippen LogP contribution in [0, 0.1) is 0 Å². The van der Waals surface area contributed by atoms with Crippen LogP contribution in [0.25, 0.3) is 123 Å². The highest BCUT2D eigenvalue weighted by Crippen LogP contribution is 2.35. The molecule has 12 rings (SSSR count). The van der Waals surface area contributed by atoms with Gasteiger partial charge in [-0.2, -0.15) is 0 Å². The van der Waals surface area contributed by atoms with E-state index in [4.69, 9.17) is 29.3 Å². The lowest BCUT2D eigenvalue weighted by molar-refractivity contribution is 0.669. The maximum Gasteiger partial charge on any atom is 0.164 e. The molecule has 0 unspecified atom stereocenters. The predicted molar refractivity (Wildman–Crippen MR) is 256 cm³/mol. The van der Waals surface area contributed by atoms with Crippen molar-refractivity contribution in [2.45, 2.75) is 0 Å². The molecule has 3 heterocycles. The van der Waals surface area contributed by atoms with Crippen LogP contribution in [0.15, 0.2) is 217 Å². The lowest BCUT2D eigenvalue weighted by Gasteiger charge is -2.12. The molecule has 0 saturated heterocycles. The van der Waals surface area contributed by atoms with Gasteiger partial charge in [-0.1, -0.05) is 164 Å². The quantitative estimate of drug-likeness (QED) is 0.160. The van der Waals surface area contributed by atoms with Crippen LogP contribution >= 0.6 is 0 Å². The normalized spacial score (nSPS) is 11.5. The predicted octanol–water partition coefficient (Wildman–Crippen LogP) is 14.5. The number of aromatic nitrogens is 5. The number of hydrogen-bond donors (Lipinski definition) is 0. The fourth-order valence-corrected chi connectivity index (χ4v) is 8.46. The molecule has 0 fully saturated rings. The molecule has 0 bridgehead atoms. The number of para-hydroxylation sites is 1. The summed E-state index contributed by atoms with van der Waals surface area (Å²) in [7, 11) is 0. The van der Waals surface area contributed by atoms with Gasteiger partial charge in [-0.15, -0.1) is 0 Å². The van der Waals surface area contributed by atoms with Gasteiger partial charge in [0.25, 0.3) is 0 Å². The number of hydrogen-bond acceptors (Lipinski definition) is 6. The number of furan rings is 1. The van der Waals surface area contributed by atoms with E-state index in [1.54, 1.807) is 0 Å². The van der Waals surface area contributed by atoms with E-state index in [9.17, 15) is 0 Å². The van der Waals surface area contributed by atoms with Crippen molar-refractivity contribution in [2.75, 3.05) is 0 Å². The van der Waals surface area contributed by atoms with Gasteiger partial charge in [0.15, 0.2) is 23.3 Å². The lowest BCUT2D eigenvalue weighted by atomic mass is 9.99. The van der Waals surface area contributed by atoms with Crippen LogP contribution in [0.3, 0.4) is 0 Å². The number of benzene rings is 9. The van der Waals surface area contributed by atoms with Crippen molar-refractivity contribution in [2.24, 2.45) is 0 Å². The van der Waals surface area contributed by atoms with Crippen molar-refractivity contribution in [3.63, 3.8) is 0 Å². The van der Waals surface area contributed by atoms with E-state index in [-0.39, 0.29) is 0 Å². The molecule has 0 spiro atoms. The molecule has 0 aliphatic carbocycles. The van der Waals surface area contributed by atoms with Crippen molar-refractivity contribution in [1.82, 2.24) is 24.9 Å². The van der Waals surface area contributed by atoms with Gasteiger partial charge in [-0.25, -0.2) is 24.9 Å². The monoisotopic (exact) mass is 805 g/mol. The first-order chi connectivity index (χ1) is 31.1. The Bertz CT molecular complexity index is 3610. The van der Waals surface area contributed by atoms with Crippen molar-refractivity contribution in [3.05, 3.63) is 212 Å². The summed E-state index contributed by atoms with van der Waals surface area (Å²) in [5, 5.41) is 6.74. The van der Waals surface area contributed by atoms with Gasteiger partial charge in [-0.3, -0.25) is 0 Å². The molecule has 0 aliphatic heterocycles. The van der Waals surface area contributed by atoms with Crippen LogP contribution in [0.5, 0.6) is 0 Å². The highest BCUT2D eigenvalue weighted by Gasteiger charge is 2.17. The van der Waals surface area contributed by atoms with E-state index in [1.165, 1.54) is 10.8 Å². The Morgan fingerprint density at radius 2 is 0.683 bits per heavy atom. The van der Waals surface area contributed by atoms with Crippen molar-refractivity contribution in [3.8, 4) is 79.2 Å². The Hall–Kier alpha value is -8.61. The molecule has 0 saturated carbocycles.